The fourth-order valence-corrected chi connectivity index (χ4v) is 2.38. The first-order chi connectivity index (χ1) is 9.04. The average molecular weight is 273 g/mol. The largest absolute Gasteiger partial charge is 0.353 e. The van der Waals surface area contributed by atoms with Crippen LogP contribution in [-0.4, -0.2) is 18.4 Å². The second kappa shape index (κ2) is 4.18. The molecule has 3 N–H and O–H groups in total. The highest BCUT2D eigenvalue weighted by Crippen LogP contribution is 2.22. The van der Waals surface area contributed by atoms with Gasteiger partial charge in [0.1, 0.15) is 4.90 Å². The summed E-state index contributed by atoms with van der Waals surface area (Å²) in [5.74, 6) is 0. The van der Waals surface area contributed by atoms with Gasteiger partial charge < -0.3 is 4.98 Å². The number of aromatic nitrogens is 2. The second-order valence-electron chi connectivity index (χ2n) is 4.19. The molecule has 5 nitrogen and oxygen atoms in total. The zero-order chi connectivity index (χ0) is 13.5. The van der Waals surface area contributed by atoms with Gasteiger partial charge in [-0.1, -0.05) is 18.2 Å². The van der Waals surface area contributed by atoms with Gasteiger partial charge in [-0.3, -0.25) is 4.98 Å². The highest BCUT2D eigenvalue weighted by molar-refractivity contribution is 7.89. The summed E-state index contributed by atoms with van der Waals surface area (Å²) in [6, 6.07) is 12.9. The molecule has 0 spiro atoms. The van der Waals surface area contributed by atoms with Gasteiger partial charge >= 0.3 is 0 Å². The fourth-order valence-electron chi connectivity index (χ4n) is 1.92. The number of primary sulfonamides is 1. The van der Waals surface area contributed by atoms with Crippen LogP contribution in [0, 0.1) is 0 Å². The van der Waals surface area contributed by atoms with Gasteiger partial charge in [0.25, 0.3) is 0 Å². The van der Waals surface area contributed by atoms with Crippen LogP contribution in [0.1, 0.15) is 0 Å². The van der Waals surface area contributed by atoms with Crippen molar-refractivity contribution in [2.24, 2.45) is 5.14 Å². The van der Waals surface area contributed by atoms with E-state index in [0.29, 0.717) is 5.69 Å². The smallest absolute Gasteiger partial charge is 0.239 e. The molecule has 0 radical (unpaired) electrons. The SMILES string of the molecule is NS(=O)(=O)c1ccc(-c2cc3ccccc3[nH]2)nc1. The van der Waals surface area contributed by atoms with E-state index < -0.39 is 10.0 Å². The molecule has 2 heterocycles. The Morgan fingerprint density at radius 1 is 1.11 bits per heavy atom. The van der Waals surface area contributed by atoms with Crippen molar-refractivity contribution in [1.82, 2.24) is 9.97 Å². The Kier molecular flexibility index (Phi) is 2.62. The molecule has 3 aromatic rings. The lowest BCUT2D eigenvalue weighted by Crippen LogP contribution is -2.12. The lowest BCUT2D eigenvalue weighted by atomic mass is 10.2. The Balaban J connectivity index is 2.07. The van der Waals surface area contributed by atoms with Crippen molar-refractivity contribution >= 4 is 20.9 Å². The number of pyridine rings is 1. The minimum absolute atomic E-state index is 0.00682. The van der Waals surface area contributed by atoms with Crippen molar-refractivity contribution in [2.45, 2.75) is 4.90 Å². The number of benzene rings is 1. The number of hydrogen-bond acceptors (Lipinski definition) is 3. The van der Waals surface area contributed by atoms with Gasteiger partial charge in [0.15, 0.2) is 0 Å². The van der Waals surface area contributed by atoms with Crippen LogP contribution in [0.15, 0.2) is 53.6 Å². The van der Waals surface area contributed by atoms with Gasteiger partial charge in [-0.25, -0.2) is 13.6 Å². The van der Waals surface area contributed by atoms with Crippen LogP contribution in [0.2, 0.25) is 0 Å². The maximum Gasteiger partial charge on any atom is 0.239 e. The van der Waals surface area contributed by atoms with Crippen LogP contribution >= 0.6 is 0 Å². The maximum atomic E-state index is 11.2. The third kappa shape index (κ3) is 2.23. The van der Waals surface area contributed by atoms with Crippen LogP contribution < -0.4 is 5.14 Å². The molecule has 1 aromatic carbocycles. The highest BCUT2D eigenvalue weighted by atomic mass is 32.2. The van der Waals surface area contributed by atoms with Gasteiger partial charge in [0, 0.05) is 17.1 Å². The van der Waals surface area contributed by atoms with Crippen molar-refractivity contribution in [3.05, 3.63) is 48.7 Å². The summed E-state index contributed by atoms with van der Waals surface area (Å²) in [5, 5.41) is 6.11. The number of H-pyrrole nitrogens is 1. The van der Waals surface area contributed by atoms with E-state index in [1.807, 2.05) is 30.3 Å². The van der Waals surface area contributed by atoms with E-state index in [4.69, 9.17) is 5.14 Å². The Labute approximate surface area is 110 Å². The topological polar surface area (TPSA) is 88.8 Å². The predicted molar refractivity (Wildman–Crippen MR) is 72.9 cm³/mol. The third-order valence-electron chi connectivity index (χ3n) is 2.87. The molecule has 0 unspecified atom stereocenters. The molecule has 0 fully saturated rings. The molecule has 0 bridgehead atoms. The molecule has 2 aromatic heterocycles. The Bertz CT molecular complexity index is 803. The molecule has 3 rings (SSSR count). The Morgan fingerprint density at radius 3 is 2.53 bits per heavy atom. The average Bonchev–Trinajstić information content (AvgIpc) is 2.81. The molecule has 0 aliphatic carbocycles. The summed E-state index contributed by atoms with van der Waals surface area (Å²) >= 11 is 0. The monoisotopic (exact) mass is 273 g/mol. The number of nitrogens with zero attached hydrogens (tertiary/aromatic N) is 1. The van der Waals surface area contributed by atoms with Crippen molar-refractivity contribution < 1.29 is 8.42 Å². The summed E-state index contributed by atoms with van der Waals surface area (Å²) < 4.78 is 22.3. The highest BCUT2D eigenvalue weighted by Gasteiger charge is 2.09. The summed E-state index contributed by atoms with van der Waals surface area (Å²) in [6.07, 6.45) is 1.26. The van der Waals surface area contributed by atoms with E-state index in [1.165, 1.54) is 12.3 Å². The lowest BCUT2D eigenvalue weighted by molar-refractivity contribution is 0.597. The van der Waals surface area contributed by atoms with Crippen molar-refractivity contribution in [3.63, 3.8) is 0 Å². The summed E-state index contributed by atoms with van der Waals surface area (Å²) in [4.78, 5) is 7.35. The molecule has 0 saturated heterocycles. The van der Waals surface area contributed by atoms with Crippen LogP contribution in [-0.2, 0) is 10.0 Å². The second-order valence-corrected chi connectivity index (χ2v) is 5.76. The van der Waals surface area contributed by atoms with Gasteiger partial charge in [0.05, 0.1) is 11.4 Å². The summed E-state index contributed by atoms with van der Waals surface area (Å²) in [5.41, 5.74) is 2.51. The maximum absolute atomic E-state index is 11.2. The molecule has 0 saturated carbocycles. The van der Waals surface area contributed by atoms with E-state index in [-0.39, 0.29) is 4.90 Å². The quantitative estimate of drug-likeness (QED) is 0.747. The Hall–Kier alpha value is -2.18. The van der Waals surface area contributed by atoms with Crippen LogP contribution in [0.25, 0.3) is 22.3 Å². The zero-order valence-corrected chi connectivity index (χ0v) is 10.7. The standard InChI is InChI=1S/C13H11N3O2S/c14-19(17,18)10-5-6-12(15-8-10)13-7-9-3-1-2-4-11(9)16-13/h1-8,16H,(H2,14,17,18). The normalized spacial score (nSPS) is 11.8. The van der Waals surface area contributed by atoms with E-state index in [9.17, 15) is 8.42 Å². The van der Waals surface area contributed by atoms with Gasteiger partial charge in [-0.2, -0.15) is 0 Å². The predicted octanol–water partition coefficient (Wildman–Crippen LogP) is 1.88. The van der Waals surface area contributed by atoms with E-state index in [2.05, 4.69) is 9.97 Å². The van der Waals surface area contributed by atoms with E-state index in [1.54, 1.807) is 6.07 Å². The number of nitrogens with two attached hydrogens (primary N) is 1. The lowest BCUT2D eigenvalue weighted by Gasteiger charge is -1.99. The fraction of sp³-hybridized carbons (Fsp3) is 0. The number of sulfonamides is 1. The van der Waals surface area contributed by atoms with Crippen LogP contribution in [0.5, 0.6) is 0 Å². The molecule has 6 heteroatoms. The number of fused-ring (bicyclic) bond motifs is 1. The molecule has 0 aliphatic heterocycles. The van der Waals surface area contributed by atoms with E-state index in [0.717, 1.165) is 16.6 Å². The summed E-state index contributed by atoms with van der Waals surface area (Å²) in [7, 11) is -3.70. The van der Waals surface area contributed by atoms with E-state index >= 15 is 0 Å². The third-order valence-corrected chi connectivity index (χ3v) is 3.77. The van der Waals surface area contributed by atoms with Crippen molar-refractivity contribution in [2.75, 3.05) is 0 Å². The molecule has 0 amide bonds. The number of rotatable bonds is 2. The zero-order valence-electron chi connectivity index (χ0n) is 9.87. The first-order valence-electron chi connectivity index (χ1n) is 5.61. The van der Waals surface area contributed by atoms with Gasteiger partial charge in [-0.05, 0) is 24.3 Å². The van der Waals surface area contributed by atoms with Crippen molar-refractivity contribution in [3.8, 4) is 11.4 Å². The number of hydrogen-bond donors (Lipinski definition) is 2. The molecular weight excluding hydrogens is 262 g/mol. The first-order valence-corrected chi connectivity index (χ1v) is 7.16. The van der Waals surface area contributed by atoms with Crippen LogP contribution in [0.4, 0.5) is 0 Å². The molecular formula is C13H11N3O2S. The minimum atomic E-state index is -3.70. The minimum Gasteiger partial charge on any atom is -0.353 e. The number of nitrogens with one attached hydrogen (secondary N) is 1. The van der Waals surface area contributed by atoms with Crippen LogP contribution in [0.3, 0.4) is 0 Å². The number of para-hydroxylation sites is 1. The van der Waals surface area contributed by atoms with Gasteiger partial charge in [0.2, 0.25) is 10.0 Å². The molecule has 0 aliphatic rings. The molecule has 0 atom stereocenters. The summed E-state index contributed by atoms with van der Waals surface area (Å²) in [6.45, 7) is 0. The van der Waals surface area contributed by atoms with Gasteiger partial charge in [-0.15, -0.1) is 0 Å². The molecule has 96 valence electrons. The number of aromatic amines is 1. The first kappa shape index (κ1) is 11.9. The molecule has 19 heavy (non-hydrogen) atoms. The van der Waals surface area contributed by atoms with Crippen molar-refractivity contribution in [1.29, 1.82) is 0 Å². The Morgan fingerprint density at radius 2 is 1.89 bits per heavy atom.